The number of ketones is 1. The minimum absolute atomic E-state index is 0.000173. The third kappa shape index (κ3) is 31.4. The fraction of sp³-hybridized carbons (Fsp3) is 0.703. The van der Waals surface area contributed by atoms with Crippen LogP contribution in [0, 0.1) is 12.3 Å². The molecule has 2 saturated heterocycles. The van der Waals surface area contributed by atoms with Crippen LogP contribution in [0.4, 0.5) is 19.2 Å². The van der Waals surface area contributed by atoms with Crippen LogP contribution < -0.4 is 26.6 Å². The van der Waals surface area contributed by atoms with Crippen molar-refractivity contribution in [1.82, 2.24) is 31.5 Å². The maximum atomic E-state index is 13.8. The highest BCUT2D eigenvalue weighted by atomic mass is 16.8. The van der Waals surface area contributed by atoms with E-state index >= 15 is 0 Å². The molecule has 6 amide bonds. The molecule has 0 radical (unpaired) electrons. The van der Waals surface area contributed by atoms with Crippen molar-refractivity contribution >= 4 is 77.5 Å². The van der Waals surface area contributed by atoms with Crippen molar-refractivity contribution in [2.75, 3.05) is 113 Å². The lowest BCUT2D eigenvalue weighted by Gasteiger charge is -2.40. The highest BCUT2D eigenvalue weighted by Crippen LogP contribution is 2.32. The highest BCUT2D eigenvalue weighted by Gasteiger charge is 2.51. The SMILES string of the molecule is C#CCOCCOCCOCCOCCC(=O)N(CCCC(=O)NCCO[C@@H]([C@@H]1OC(C(=O)OC)=C[C@H](N=C(C)NC(=O)OC(C)(C)C)[C@H]1NC(C)=O)[C@H]1COC(=O)O1)CCC(=O)CCCO[C@@H]([C@@H]1OC(C(=O)OC)=C[C@H](N=C(C)NC(=O)OC(C)(C)C)[C@H]1NC(C)=O)[C@H]1COC(=O)O1. The van der Waals surface area contributed by atoms with E-state index < -0.39 is 126 Å². The first-order valence-corrected chi connectivity index (χ1v) is 32.2. The molecule has 0 unspecified atom stereocenters. The molecule has 35 heteroatoms. The summed E-state index contributed by atoms with van der Waals surface area (Å²) in [6.07, 6.45) is -3.79. The molecule has 99 heavy (non-hydrogen) atoms. The fourth-order valence-corrected chi connectivity index (χ4v) is 9.94. The number of hydrogen-bond donors (Lipinski definition) is 5. The number of Topliss-reactive ketones (excluding diaryl/α,β-unsaturated/α-hetero) is 1. The Labute approximate surface area is 574 Å². The van der Waals surface area contributed by atoms with E-state index in [0.29, 0.717) is 19.8 Å². The largest absolute Gasteiger partial charge is 0.508 e. The number of methoxy groups -OCH3 is 2. The van der Waals surface area contributed by atoms with Crippen LogP contribution in [0.25, 0.3) is 0 Å². The van der Waals surface area contributed by atoms with Crippen molar-refractivity contribution in [3.8, 4) is 12.3 Å². The molecular formula is C64H96N8O27. The smallest absolute Gasteiger partial charge is 0.478 e. The molecule has 4 rings (SSSR count). The summed E-state index contributed by atoms with van der Waals surface area (Å²) in [5, 5.41) is 13.3. The van der Waals surface area contributed by atoms with Gasteiger partial charge >= 0.3 is 36.4 Å². The van der Waals surface area contributed by atoms with Gasteiger partial charge in [-0.05, 0) is 80.4 Å². The molecule has 0 aliphatic carbocycles. The lowest BCUT2D eigenvalue weighted by atomic mass is 9.92. The Bertz CT molecular complexity index is 2920. The van der Waals surface area contributed by atoms with E-state index in [4.69, 9.17) is 82.2 Å². The first-order valence-electron chi connectivity index (χ1n) is 32.2. The molecule has 0 aromatic rings. The van der Waals surface area contributed by atoms with Crippen LogP contribution in [-0.4, -0.2) is 268 Å². The monoisotopic (exact) mass is 1410 g/mol. The van der Waals surface area contributed by atoms with Crippen molar-refractivity contribution < 1.29 is 129 Å². The number of esters is 2. The number of rotatable bonds is 39. The normalized spacial score (nSPS) is 21.3. The van der Waals surface area contributed by atoms with Crippen molar-refractivity contribution in [2.24, 2.45) is 9.98 Å². The number of amidine groups is 2. The number of aliphatic imine (C=N–C) groups is 2. The van der Waals surface area contributed by atoms with Gasteiger partial charge in [0.15, 0.2) is 24.4 Å². The standard InChI is InChI=1S/C64H96N8O27/c1-14-24-86-28-30-88-32-33-89-31-29-87-26-20-50(77)72(23-19-42(75)17-16-25-90-53(47-36-92-61(82)96-47)55-51(70-40(4)73)43(34-45(94-55)57(78)84-12)66-38(2)68-59(80)98-63(6,7)8)22-15-18-49(76)65-21-27-91-54(48-37-93-62(83)97-48)56-52(71-41(5)74)44(35-46(95-56)58(79)85-13)67-39(3)69-60(81)99-64(9,10)11/h1,34-35,43-44,47-48,51-56H,15-33,36-37H2,2-13H3,(H,65,76)(H,70,73)(H,71,74)(H,66,68,80)(H,67,69,81)/t43-,44-,47+,48+,51+,52+,53+,54+,55+,56+/m0/s1. The summed E-state index contributed by atoms with van der Waals surface area (Å²) < 4.78 is 88.2. The minimum Gasteiger partial charge on any atom is -0.478 e. The molecule has 5 N–H and O–H groups in total. The molecule has 0 bridgehead atoms. The molecule has 554 valence electrons. The topological polar surface area (TPSA) is 424 Å². The summed E-state index contributed by atoms with van der Waals surface area (Å²) in [6.45, 7) is 15.9. The van der Waals surface area contributed by atoms with Gasteiger partial charge in [-0.3, -0.25) is 44.6 Å². The fourth-order valence-electron chi connectivity index (χ4n) is 9.94. The number of amides is 6. The van der Waals surface area contributed by atoms with Crippen LogP contribution in [-0.2, 0) is 109 Å². The van der Waals surface area contributed by atoms with Gasteiger partial charge in [0.2, 0.25) is 35.1 Å². The number of nitrogens with zero attached hydrogens (tertiary/aromatic N) is 3. The van der Waals surface area contributed by atoms with Gasteiger partial charge in [0.25, 0.3) is 0 Å². The molecule has 4 aliphatic rings. The minimum atomic E-state index is -1.35. The van der Waals surface area contributed by atoms with Crippen molar-refractivity contribution in [3.63, 3.8) is 0 Å². The van der Waals surface area contributed by atoms with Crippen molar-refractivity contribution in [2.45, 2.75) is 180 Å². The number of nitrogens with one attached hydrogen (secondary N) is 5. The van der Waals surface area contributed by atoms with Gasteiger partial charge in [-0.15, -0.1) is 6.42 Å². The van der Waals surface area contributed by atoms with Gasteiger partial charge in [-0.2, -0.15) is 0 Å². The van der Waals surface area contributed by atoms with Gasteiger partial charge in [0.05, 0.1) is 97.7 Å². The van der Waals surface area contributed by atoms with E-state index in [2.05, 4.69) is 42.5 Å². The zero-order valence-corrected chi connectivity index (χ0v) is 58.2. The van der Waals surface area contributed by atoms with Gasteiger partial charge in [0, 0.05) is 59.4 Å². The van der Waals surface area contributed by atoms with Crippen LogP contribution in [0.2, 0.25) is 0 Å². The Balaban J connectivity index is 1.44. The average Bonchev–Trinajstić information content (AvgIpc) is 1.73. The van der Waals surface area contributed by atoms with Gasteiger partial charge in [-0.25, -0.2) is 28.8 Å². The zero-order chi connectivity index (χ0) is 73.2. The summed E-state index contributed by atoms with van der Waals surface area (Å²) in [5.41, 5.74) is -1.71. The third-order valence-corrected chi connectivity index (χ3v) is 14.0. The Hall–Kier alpha value is -8.69. The Kier molecular flexibility index (Phi) is 35.4. The maximum absolute atomic E-state index is 13.8. The van der Waals surface area contributed by atoms with Crippen LogP contribution in [0.1, 0.15) is 108 Å². The predicted molar refractivity (Wildman–Crippen MR) is 344 cm³/mol. The number of alkyl carbamates (subject to hydrolysis) is 2. The summed E-state index contributed by atoms with van der Waals surface area (Å²) in [6, 6.07) is -4.53. The Morgan fingerprint density at radius 1 is 0.586 bits per heavy atom. The quantitative estimate of drug-likeness (QED) is 0.0147. The first-order chi connectivity index (χ1) is 46.9. The number of carbonyl (C=O) groups is 11. The molecular weight excluding hydrogens is 1310 g/mol. The molecule has 35 nitrogen and oxygen atoms in total. The lowest BCUT2D eigenvalue weighted by Crippen LogP contribution is -2.60. The molecule has 4 aliphatic heterocycles. The molecule has 0 saturated carbocycles. The molecule has 0 aromatic heterocycles. The van der Waals surface area contributed by atoms with Gasteiger partial charge < -0.3 is 96.6 Å². The van der Waals surface area contributed by atoms with E-state index in [0.717, 1.165) is 14.2 Å². The van der Waals surface area contributed by atoms with Gasteiger partial charge in [-0.1, -0.05) is 5.92 Å². The second kappa shape index (κ2) is 42.3. The summed E-state index contributed by atoms with van der Waals surface area (Å²) in [7, 11) is 2.23. The van der Waals surface area contributed by atoms with Crippen molar-refractivity contribution in [1.29, 1.82) is 0 Å². The molecule has 0 spiro atoms. The summed E-state index contributed by atoms with van der Waals surface area (Å²) in [4.78, 5) is 153. The van der Waals surface area contributed by atoms with Crippen molar-refractivity contribution in [3.05, 3.63) is 23.7 Å². The lowest BCUT2D eigenvalue weighted by molar-refractivity contribution is -0.152. The van der Waals surface area contributed by atoms with Crippen LogP contribution in [0.5, 0.6) is 0 Å². The van der Waals surface area contributed by atoms with Crippen LogP contribution in [0.3, 0.4) is 0 Å². The third-order valence-electron chi connectivity index (χ3n) is 14.0. The molecule has 10 atom stereocenters. The van der Waals surface area contributed by atoms with Crippen LogP contribution in [0.15, 0.2) is 33.7 Å². The average molecular weight is 1410 g/mol. The molecule has 0 aromatic carbocycles. The molecule has 4 heterocycles. The molecule has 2 fully saturated rings. The maximum Gasteiger partial charge on any atom is 0.508 e. The number of cyclic esters (lactones) is 4. The Morgan fingerprint density at radius 3 is 1.46 bits per heavy atom. The van der Waals surface area contributed by atoms with Gasteiger partial charge in [0.1, 0.15) is 60.7 Å². The highest BCUT2D eigenvalue weighted by molar-refractivity contribution is 5.95. The Morgan fingerprint density at radius 2 is 1.04 bits per heavy atom. The van der Waals surface area contributed by atoms with E-state index in [9.17, 15) is 52.7 Å². The van der Waals surface area contributed by atoms with E-state index in [1.807, 2.05) is 0 Å². The van der Waals surface area contributed by atoms with E-state index in [1.54, 1.807) is 41.5 Å². The van der Waals surface area contributed by atoms with E-state index in [1.165, 1.54) is 44.7 Å². The summed E-state index contributed by atoms with van der Waals surface area (Å²) in [5.74, 6) is -2.37. The van der Waals surface area contributed by atoms with Crippen LogP contribution >= 0.6 is 0 Å². The zero-order valence-electron chi connectivity index (χ0n) is 58.2. The second-order valence-electron chi connectivity index (χ2n) is 24.5. The van der Waals surface area contributed by atoms with E-state index in [-0.39, 0.29) is 153 Å². The number of hydrogen-bond acceptors (Lipinski definition) is 29. The number of ether oxygens (including phenoxy) is 16. The summed E-state index contributed by atoms with van der Waals surface area (Å²) >= 11 is 0. The number of carbonyl (C=O) groups excluding carboxylic acids is 11. The number of terminal acetylenes is 1. The first kappa shape index (κ1) is 82.7. The second-order valence-corrected chi connectivity index (χ2v) is 24.5. The predicted octanol–water partition coefficient (Wildman–Crippen LogP) is 1.93.